The lowest BCUT2D eigenvalue weighted by atomic mass is 9.48. The third-order valence-electron chi connectivity index (χ3n) is 6.78. The maximum Gasteiger partial charge on any atom is 0.177 e. The van der Waals surface area contributed by atoms with Gasteiger partial charge in [0.15, 0.2) is 23.4 Å². The van der Waals surface area contributed by atoms with E-state index in [1.807, 2.05) is 6.07 Å². The molecule has 5 unspecified atom stereocenters. The average Bonchev–Trinajstić information content (AvgIpc) is 2.93. The lowest BCUT2D eigenvalue weighted by Gasteiger charge is -2.63. The molecular formula is C19H21NO5. The van der Waals surface area contributed by atoms with Crippen LogP contribution in [0.4, 0.5) is 0 Å². The van der Waals surface area contributed by atoms with Gasteiger partial charge in [0.1, 0.15) is 5.60 Å². The summed E-state index contributed by atoms with van der Waals surface area (Å²) >= 11 is 0. The Balaban J connectivity index is 1.82. The molecule has 2 aliphatic heterocycles. The molecule has 4 aliphatic rings. The fraction of sp³-hybridized carbons (Fsp3) is 0.526. The third kappa shape index (κ3) is 1.50. The molecule has 132 valence electrons. The Morgan fingerprint density at radius 2 is 2.20 bits per heavy atom. The van der Waals surface area contributed by atoms with E-state index in [0.29, 0.717) is 31.7 Å². The number of ether oxygens (including phenoxy) is 1. The Bertz CT molecular complexity index is 807. The van der Waals surface area contributed by atoms with Crippen LogP contribution in [0.1, 0.15) is 24.0 Å². The summed E-state index contributed by atoms with van der Waals surface area (Å²) < 4.78 is 5.92. The summed E-state index contributed by atoms with van der Waals surface area (Å²) in [7, 11) is 0. The Morgan fingerprint density at radius 1 is 1.40 bits per heavy atom. The van der Waals surface area contributed by atoms with Crippen molar-refractivity contribution in [1.82, 2.24) is 4.90 Å². The molecule has 5 rings (SSSR count). The molecule has 2 heterocycles. The molecule has 0 amide bonds. The lowest BCUT2D eigenvalue weighted by Crippen LogP contribution is -2.80. The van der Waals surface area contributed by atoms with E-state index in [4.69, 9.17) is 4.74 Å². The molecule has 2 fully saturated rings. The highest BCUT2D eigenvalue weighted by atomic mass is 16.5. The minimum atomic E-state index is -1.49. The van der Waals surface area contributed by atoms with Crippen LogP contribution in [0.3, 0.4) is 0 Å². The molecule has 5 atom stereocenters. The fourth-order valence-corrected chi connectivity index (χ4v) is 5.85. The number of carbonyl (C=O) groups is 1. The molecule has 2 aliphatic carbocycles. The molecule has 0 aromatic heterocycles. The summed E-state index contributed by atoms with van der Waals surface area (Å²) in [6.45, 7) is 5.08. The van der Waals surface area contributed by atoms with E-state index < -0.39 is 23.2 Å². The van der Waals surface area contributed by atoms with Gasteiger partial charge in [-0.05, 0) is 24.5 Å². The van der Waals surface area contributed by atoms with Gasteiger partial charge in [0.05, 0.1) is 11.5 Å². The smallest absolute Gasteiger partial charge is 0.177 e. The highest BCUT2D eigenvalue weighted by Crippen LogP contribution is 2.64. The zero-order chi connectivity index (χ0) is 17.6. The SMILES string of the molecule is C=CCN1CCC23c4c5ccc(O)c4OC2C(=O)CC(O)C3(O)C1C5. The first kappa shape index (κ1) is 15.4. The molecule has 6 heteroatoms. The number of rotatable bonds is 2. The van der Waals surface area contributed by atoms with Crippen LogP contribution in [-0.4, -0.2) is 62.9 Å². The number of hydrogen-bond acceptors (Lipinski definition) is 6. The van der Waals surface area contributed by atoms with E-state index in [1.54, 1.807) is 12.1 Å². The highest BCUT2D eigenvalue weighted by molar-refractivity contribution is 5.90. The molecule has 1 spiro atoms. The van der Waals surface area contributed by atoms with Gasteiger partial charge in [0, 0.05) is 31.1 Å². The minimum Gasteiger partial charge on any atom is -0.504 e. The van der Waals surface area contributed by atoms with Crippen LogP contribution in [0, 0.1) is 0 Å². The summed E-state index contributed by atoms with van der Waals surface area (Å²) in [5, 5.41) is 32.9. The number of aliphatic hydroxyl groups is 2. The van der Waals surface area contributed by atoms with Gasteiger partial charge in [-0.1, -0.05) is 12.1 Å². The predicted octanol–water partition coefficient (Wildman–Crippen LogP) is 0.272. The summed E-state index contributed by atoms with van der Waals surface area (Å²) in [5.41, 5.74) is -0.785. The number of phenolic OH excluding ortho intramolecular Hbond substituents is 1. The predicted molar refractivity (Wildman–Crippen MR) is 88.7 cm³/mol. The number of carbonyl (C=O) groups excluding carboxylic acids is 1. The fourth-order valence-electron chi connectivity index (χ4n) is 5.85. The molecule has 25 heavy (non-hydrogen) atoms. The van der Waals surface area contributed by atoms with Crippen LogP contribution in [-0.2, 0) is 16.6 Å². The first-order valence-electron chi connectivity index (χ1n) is 8.75. The van der Waals surface area contributed by atoms with Crippen molar-refractivity contribution < 1.29 is 24.9 Å². The van der Waals surface area contributed by atoms with Crippen molar-refractivity contribution in [3.63, 3.8) is 0 Å². The molecule has 0 radical (unpaired) electrons. The Hall–Kier alpha value is -1.89. The number of piperidine rings is 1. The van der Waals surface area contributed by atoms with E-state index in [-0.39, 0.29) is 24.0 Å². The number of aliphatic hydroxyl groups excluding tert-OH is 1. The van der Waals surface area contributed by atoms with Crippen molar-refractivity contribution in [1.29, 1.82) is 0 Å². The number of phenols is 1. The van der Waals surface area contributed by atoms with Crippen LogP contribution < -0.4 is 4.74 Å². The van der Waals surface area contributed by atoms with E-state index in [0.717, 1.165) is 11.1 Å². The van der Waals surface area contributed by atoms with E-state index in [1.165, 1.54) is 0 Å². The summed E-state index contributed by atoms with van der Waals surface area (Å²) in [5.74, 6) is 0.0784. The Morgan fingerprint density at radius 3 is 2.96 bits per heavy atom. The standard InChI is InChI=1S/C19H21NO5/c1-2-6-20-7-5-18-15-10-3-4-11(21)16(15)25-17(18)12(22)9-14(23)19(18,24)13(20)8-10/h2-4,13-14,17,21,23-24H,1,5-9H2. The summed E-state index contributed by atoms with van der Waals surface area (Å²) in [4.78, 5) is 14.8. The van der Waals surface area contributed by atoms with Crippen molar-refractivity contribution in [2.45, 2.75) is 48.5 Å². The van der Waals surface area contributed by atoms with Crippen LogP contribution in [0.2, 0.25) is 0 Å². The monoisotopic (exact) mass is 343 g/mol. The van der Waals surface area contributed by atoms with Gasteiger partial charge in [-0.3, -0.25) is 9.69 Å². The first-order valence-corrected chi connectivity index (χ1v) is 8.75. The zero-order valence-corrected chi connectivity index (χ0v) is 13.8. The van der Waals surface area contributed by atoms with E-state index in [9.17, 15) is 20.1 Å². The van der Waals surface area contributed by atoms with Crippen molar-refractivity contribution >= 4 is 5.78 Å². The second kappa shape index (κ2) is 4.63. The van der Waals surface area contributed by atoms with E-state index >= 15 is 0 Å². The van der Waals surface area contributed by atoms with Crippen molar-refractivity contribution in [2.75, 3.05) is 13.1 Å². The minimum absolute atomic E-state index is 0.0147. The number of Topliss-reactive ketones (excluding diaryl/α,β-unsaturated/α-hetero) is 1. The quantitative estimate of drug-likeness (QED) is 0.668. The number of nitrogens with zero attached hydrogens (tertiary/aromatic N) is 1. The topological polar surface area (TPSA) is 90.2 Å². The van der Waals surface area contributed by atoms with Crippen molar-refractivity contribution in [2.24, 2.45) is 0 Å². The third-order valence-corrected chi connectivity index (χ3v) is 6.78. The van der Waals surface area contributed by atoms with Gasteiger partial charge in [-0.15, -0.1) is 6.58 Å². The van der Waals surface area contributed by atoms with Gasteiger partial charge in [0.2, 0.25) is 0 Å². The first-order chi connectivity index (χ1) is 11.9. The van der Waals surface area contributed by atoms with Crippen molar-refractivity contribution in [3.8, 4) is 11.5 Å². The zero-order valence-electron chi connectivity index (χ0n) is 13.8. The van der Waals surface area contributed by atoms with Crippen molar-refractivity contribution in [3.05, 3.63) is 35.9 Å². The maximum absolute atomic E-state index is 12.7. The average molecular weight is 343 g/mol. The lowest BCUT2D eigenvalue weighted by molar-refractivity contribution is -0.228. The highest BCUT2D eigenvalue weighted by Gasteiger charge is 2.75. The summed E-state index contributed by atoms with van der Waals surface area (Å²) in [6.07, 6.45) is 0.685. The van der Waals surface area contributed by atoms with Crippen LogP contribution in [0.15, 0.2) is 24.8 Å². The molecule has 1 aromatic rings. The second-order valence-corrected chi connectivity index (χ2v) is 7.68. The largest absolute Gasteiger partial charge is 0.504 e. The molecule has 3 N–H and O–H groups in total. The number of benzene rings is 1. The molecule has 2 bridgehead atoms. The number of likely N-dealkylation sites (tertiary alicyclic amines) is 1. The molecular weight excluding hydrogens is 322 g/mol. The molecule has 6 nitrogen and oxygen atoms in total. The van der Waals surface area contributed by atoms with Crippen LogP contribution in [0.25, 0.3) is 0 Å². The van der Waals surface area contributed by atoms with Gasteiger partial charge in [-0.2, -0.15) is 0 Å². The molecule has 1 saturated heterocycles. The maximum atomic E-state index is 12.7. The Labute approximate surface area is 145 Å². The van der Waals surface area contributed by atoms with Crippen LogP contribution >= 0.6 is 0 Å². The Kier molecular flexibility index (Phi) is 2.85. The number of hydrogen-bond donors (Lipinski definition) is 3. The van der Waals surface area contributed by atoms with Gasteiger partial charge < -0.3 is 20.1 Å². The number of aromatic hydroxyl groups is 1. The second-order valence-electron chi connectivity index (χ2n) is 7.68. The normalized spacial score (nSPS) is 41.2. The van der Waals surface area contributed by atoms with Gasteiger partial charge >= 0.3 is 0 Å². The molecule has 1 saturated carbocycles. The number of ketones is 1. The van der Waals surface area contributed by atoms with Crippen LogP contribution in [0.5, 0.6) is 11.5 Å². The molecule has 1 aromatic carbocycles. The summed E-state index contributed by atoms with van der Waals surface area (Å²) in [6, 6.07) is 3.11. The van der Waals surface area contributed by atoms with Gasteiger partial charge in [-0.25, -0.2) is 0 Å². The van der Waals surface area contributed by atoms with E-state index in [2.05, 4.69) is 11.5 Å². The van der Waals surface area contributed by atoms with Gasteiger partial charge in [0.25, 0.3) is 0 Å².